The molecule has 2 rings (SSSR count). The molecule has 90 valence electrons. The summed E-state index contributed by atoms with van der Waals surface area (Å²) < 4.78 is 5.60. The lowest BCUT2D eigenvalue weighted by molar-refractivity contribution is 0.199. The van der Waals surface area contributed by atoms with Gasteiger partial charge in [-0.25, -0.2) is 0 Å². The van der Waals surface area contributed by atoms with Crippen LogP contribution in [0.1, 0.15) is 31.9 Å². The Morgan fingerprint density at radius 1 is 1.12 bits per heavy atom. The number of aliphatic hydroxyl groups is 1. The van der Waals surface area contributed by atoms with Gasteiger partial charge in [0.15, 0.2) is 0 Å². The second-order valence-electron chi connectivity index (χ2n) is 4.29. The number of benzene rings is 2. The molecule has 2 heteroatoms. The number of hydrogen-bond acceptors (Lipinski definition) is 2. The van der Waals surface area contributed by atoms with Crippen molar-refractivity contribution in [3.8, 4) is 5.75 Å². The maximum absolute atomic E-state index is 9.56. The molecule has 0 fully saturated rings. The Kier molecular flexibility index (Phi) is 3.64. The Balaban J connectivity index is 2.36. The molecule has 1 unspecified atom stereocenters. The third kappa shape index (κ3) is 2.77. The second-order valence-corrected chi connectivity index (χ2v) is 4.29. The normalized spacial score (nSPS) is 12.6. The fourth-order valence-corrected chi connectivity index (χ4v) is 1.81. The van der Waals surface area contributed by atoms with Crippen molar-refractivity contribution in [3.63, 3.8) is 0 Å². The highest BCUT2D eigenvalue weighted by Crippen LogP contribution is 2.24. The molecule has 0 aliphatic heterocycles. The van der Waals surface area contributed by atoms with E-state index in [1.807, 2.05) is 36.4 Å². The molecule has 2 nitrogen and oxygen atoms in total. The molecule has 1 N–H and O–H groups in total. The SMILES string of the molecule is CCCOc1ccc2ccc(C(C)O)cc2c1. The molecular formula is C15H18O2. The molecule has 0 heterocycles. The third-order valence-corrected chi connectivity index (χ3v) is 2.79. The van der Waals surface area contributed by atoms with Gasteiger partial charge in [-0.2, -0.15) is 0 Å². The van der Waals surface area contributed by atoms with Crippen molar-refractivity contribution in [2.75, 3.05) is 6.61 Å². The lowest BCUT2D eigenvalue weighted by atomic mass is 10.0. The Bertz CT molecular complexity index is 503. The van der Waals surface area contributed by atoms with Crippen LogP contribution in [-0.2, 0) is 0 Å². The van der Waals surface area contributed by atoms with Crippen molar-refractivity contribution in [2.45, 2.75) is 26.4 Å². The summed E-state index contributed by atoms with van der Waals surface area (Å²) >= 11 is 0. The Labute approximate surface area is 102 Å². The smallest absolute Gasteiger partial charge is 0.119 e. The van der Waals surface area contributed by atoms with Crippen LogP contribution in [0.5, 0.6) is 5.75 Å². The summed E-state index contributed by atoms with van der Waals surface area (Å²) in [5.74, 6) is 0.891. The fraction of sp³-hybridized carbons (Fsp3) is 0.333. The van der Waals surface area contributed by atoms with Gasteiger partial charge in [-0.1, -0.05) is 25.1 Å². The van der Waals surface area contributed by atoms with Crippen LogP contribution in [-0.4, -0.2) is 11.7 Å². The van der Waals surface area contributed by atoms with Crippen LogP contribution in [0.25, 0.3) is 10.8 Å². The summed E-state index contributed by atoms with van der Waals surface area (Å²) in [4.78, 5) is 0. The van der Waals surface area contributed by atoms with Gasteiger partial charge in [-0.05, 0) is 47.9 Å². The number of fused-ring (bicyclic) bond motifs is 1. The van der Waals surface area contributed by atoms with Crippen LogP contribution >= 0.6 is 0 Å². The predicted octanol–water partition coefficient (Wildman–Crippen LogP) is 3.68. The zero-order valence-electron chi connectivity index (χ0n) is 10.3. The number of ether oxygens (including phenoxy) is 1. The van der Waals surface area contributed by atoms with Gasteiger partial charge in [0.25, 0.3) is 0 Å². The van der Waals surface area contributed by atoms with Gasteiger partial charge in [0, 0.05) is 0 Å². The Hall–Kier alpha value is -1.54. The molecule has 0 aliphatic rings. The molecule has 2 aromatic carbocycles. The quantitative estimate of drug-likeness (QED) is 0.868. The minimum atomic E-state index is -0.431. The maximum Gasteiger partial charge on any atom is 0.119 e. The first-order valence-electron chi connectivity index (χ1n) is 6.05. The van der Waals surface area contributed by atoms with Gasteiger partial charge >= 0.3 is 0 Å². The van der Waals surface area contributed by atoms with E-state index in [-0.39, 0.29) is 0 Å². The first-order valence-corrected chi connectivity index (χ1v) is 6.05. The lowest BCUT2D eigenvalue weighted by Crippen LogP contribution is -1.95. The molecule has 0 aromatic heterocycles. The van der Waals surface area contributed by atoms with E-state index in [0.29, 0.717) is 0 Å². The Morgan fingerprint density at radius 3 is 2.59 bits per heavy atom. The Morgan fingerprint density at radius 2 is 1.88 bits per heavy atom. The van der Waals surface area contributed by atoms with Crippen molar-refractivity contribution in [1.29, 1.82) is 0 Å². The van der Waals surface area contributed by atoms with E-state index in [0.717, 1.165) is 29.7 Å². The number of hydrogen-bond donors (Lipinski definition) is 1. The van der Waals surface area contributed by atoms with Gasteiger partial charge in [0.1, 0.15) is 5.75 Å². The minimum Gasteiger partial charge on any atom is -0.494 e. The van der Waals surface area contributed by atoms with Gasteiger partial charge in [-0.3, -0.25) is 0 Å². The van der Waals surface area contributed by atoms with Crippen molar-refractivity contribution in [2.24, 2.45) is 0 Å². The molecule has 0 spiro atoms. The largest absolute Gasteiger partial charge is 0.494 e. The summed E-state index contributed by atoms with van der Waals surface area (Å²) in [6.07, 6.45) is 0.575. The van der Waals surface area contributed by atoms with E-state index in [4.69, 9.17) is 4.74 Å². The summed E-state index contributed by atoms with van der Waals surface area (Å²) in [5, 5.41) is 11.8. The van der Waals surface area contributed by atoms with E-state index in [9.17, 15) is 5.11 Å². The fourth-order valence-electron chi connectivity index (χ4n) is 1.81. The monoisotopic (exact) mass is 230 g/mol. The average Bonchev–Trinajstić information content (AvgIpc) is 2.35. The summed E-state index contributed by atoms with van der Waals surface area (Å²) in [6.45, 7) is 4.60. The summed E-state index contributed by atoms with van der Waals surface area (Å²) in [7, 11) is 0. The number of aliphatic hydroxyl groups excluding tert-OH is 1. The van der Waals surface area contributed by atoms with Gasteiger partial charge in [0.05, 0.1) is 12.7 Å². The lowest BCUT2D eigenvalue weighted by Gasteiger charge is -2.08. The maximum atomic E-state index is 9.56. The number of rotatable bonds is 4. The average molecular weight is 230 g/mol. The van der Waals surface area contributed by atoms with Gasteiger partial charge in [0.2, 0.25) is 0 Å². The molecule has 0 aliphatic carbocycles. The first kappa shape index (κ1) is 11.9. The van der Waals surface area contributed by atoms with E-state index in [2.05, 4.69) is 6.92 Å². The van der Waals surface area contributed by atoms with Crippen LogP contribution in [0.2, 0.25) is 0 Å². The first-order chi connectivity index (χ1) is 8.20. The summed E-state index contributed by atoms with van der Waals surface area (Å²) in [5.41, 5.74) is 0.935. The van der Waals surface area contributed by atoms with Crippen molar-refractivity contribution < 1.29 is 9.84 Å². The van der Waals surface area contributed by atoms with Crippen molar-refractivity contribution in [3.05, 3.63) is 42.0 Å². The molecule has 17 heavy (non-hydrogen) atoms. The van der Waals surface area contributed by atoms with E-state index >= 15 is 0 Å². The van der Waals surface area contributed by atoms with E-state index in [1.165, 1.54) is 5.39 Å². The highest BCUT2D eigenvalue weighted by Gasteiger charge is 2.03. The van der Waals surface area contributed by atoms with Crippen LogP contribution < -0.4 is 4.74 Å². The molecule has 0 radical (unpaired) electrons. The molecule has 1 atom stereocenters. The van der Waals surface area contributed by atoms with Crippen molar-refractivity contribution in [1.82, 2.24) is 0 Å². The molecule has 0 bridgehead atoms. The zero-order chi connectivity index (χ0) is 12.3. The molecule has 0 amide bonds. The van der Waals surface area contributed by atoms with Crippen LogP contribution in [0.4, 0.5) is 0 Å². The standard InChI is InChI=1S/C15H18O2/c1-3-8-17-15-7-6-12-4-5-13(11(2)16)9-14(12)10-15/h4-7,9-11,16H,3,8H2,1-2H3. The molecule has 0 saturated carbocycles. The third-order valence-electron chi connectivity index (χ3n) is 2.79. The highest BCUT2D eigenvalue weighted by atomic mass is 16.5. The predicted molar refractivity (Wildman–Crippen MR) is 70.4 cm³/mol. The van der Waals surface area contributed by atoms with E-state index in [1.54, 1.807) is 6.92 Å². The molecular weight excluding hydrogens is 212 g/mol. The molecule has 0 saturated heterocycles. The highest BCUT2D eigenvalue weighted by molar-refractivity contribution is 5.84. The van der Waals surface area contributed by atoms with Crippen LogP contribution in [0, 0.1) is 0 Å². The minimum absolute atomic E-state index is 0.431. The zero-order valence-corrected chi connectivity index (χ0v) is 10.3. The topological polar surface area (TPSA) is 29.5 Å². The van der Waals surface area contributed by atoms with Crippen LogP contribution in [0.15, 0.2) is 36.4 Å². The van der Waals surface area contributed by atoms with E-state index < -0.39 is 6.10 Å². The second kappa shape index (κ2) is 5.19. The van der Waals surface area contributed by atoms with Crippen molar-refractivity contribution >= 4 is 10.8 Å². The van der Waals surface area contributed by atoms with Crippen LogP contribution in [0.3, 0.4) is 0 Å². The molecule has 2 aromatic rings. The van der Waals surface area contributed by atoms with Gasteiger partial charge in [-0.15, -0.1) is 0 Å². The summed E-state index contributed by atoms with van der Waals surface area (Å²) in [6, 6.07) is 12.1. The van der Waals surface area contributed by atoms with Gasteiger partial charge < -0.3 is 9.84 Å².